The molecular weight excluding hydrogens is 326 g/mol. The second kappa shape index (κ2) is 7.82. The van der Waals surface area contributed by atoms with E-state index in [0.717, 1.165) is 5.56 Å². The minimum atomic E-state index is -1.02. The van der Waals surface area contributed by atoms with Gasteiger partial charge in [0.05, 0.1) is 17.5 Å². The standard InChI is InChI=1S/C15H14ClNO4S/c16-11-6-13(22-9-11)12(7-14(18)19)17-15(20)21-8-10-4-2-1-3-5-10/h1-6,9,12H,7-8H2,(H,17,20)(H,18,19)/t12-/m0/s1. The van der Waals surface area contributed by atoms with Crippen molar-refractivity contribution in [3.05, 3.63) is 57.2 Å². The molecule has 2 N–H and O–H groups in total. The number of carboxylic acids is 1. The fourth-order valence-electron chi connectivity index (χ4n) is 1.82. The molecule has 0 unspecified atom stereocenters. The van der Waals surface area contributed by atoms with Crippen LogP contribution in [0.25, 0.3) is 0 Å². The first-order valence-electron chi connectivity index (χ1n) is 6.47. The Morgan fingerprint density at radius 3 is 2.64 bits per heavy atom. The summed E-state index contributed by atoms with van der Waals surface area (Å²) in [6, 6.07) is 10.2. The molecule has 116 valence electrons. The van der Waals surface area contributed by atoms with Crippen LogP contribution in [0.4, 0.5) is 4.79 Å². The molecule has 0 saturated carbocycles. The molecule has 5 nitrogen and oxygen atoms in total. The maximum atomic E-state index is 11.8. The molecule has 1 atom stereocenters. The topological polar surface area (TPSA) is 75.6 Å². The summed E-state index contributed by atoms with van der Waals surface area (Å²) in [5.41, 5.74) is 0.853. The molecule has 7 heteroatoms. The zero-order valence-corrected chi connectivity index (χ0v) is 13.1. The fourth-order valence-corrected chi connectivity index (χ4v) is 2.95. The van der Waals surface area contributed by atoms with E-state index in [4.69, 9.17) is 21.4 Å². The predicted octanol–water partition coefficient (Wildman–Crippen LogP) is 3.84. The lowest BCUT2D eigenvalue weighted by Crippen LogP contribution is -2.30. The first kappa shape index (κ1) is 16.3. The Labute approximate surface area is 136 Å². The molecule has 0 spiro atoms. The van der Waals surface area contributed by atoms with Gasteiger partial charge in [-0.15, -0.1) is 11.3 Å². The van der Waals surface area contributed by atoms with Crippen molar-refractivity contribution in [3.63, 3.8) is 0 Å². The van der Waals surface area contributed by atoms with Gasteiger partial charge in [-0.25, -0.2) is 4.79 Å². The maximum absolute atomic E-state index is 11.8. The zero-order valence-electron chi connectivity index (χ0n) is 11.5. The van der Waals surface area contributed by atoms with Crippen molar-refractivity contribution >= 4 is 35.0 Å². The Morgan fingerprint density at radius 2 is 2.05 bits per heavy atom. The quantitative estimate of drug-likeness (QED) is 0.838. The van der Waals surface area contributed by atoms with Crippen molar-refractivity contribution < 1.29 is 19.4 Å². The van der Waals surface area contributed by atoms with E-state index in [0.29, 0.717) is 9.90 Å². The summed E-state index contributed by atoms with van der Waals surface area (Å²) in [7, 11) is 0. The third-order valence-corrected chi connectivity index (χ3v) is 4.21. The van der Waals surface area contributed by atoms with Gasteiger partial charge in [0.15, 0.2) is 0 Å². The molecule has 1 amide bonds. The van der Waals surface area contributed by atoms with E-state index in [1.54, 1.807) is 11.4 Å². The van der Waals surface area contributed by atoms with Gasteiger partial charge in [0.1, 0.15) is 6.61 Å². The van der Waals surface area contributed by atoms with Gasteiger partial charge in [-0.2, -0.15) is 0 Å². The van der Waals surface area contributed by atoms with Crippen molar-refractivity contribution in [1.29, 1.82) is 0 Å². The lowest BCUT2D eigenvalue weighted by Gasteiger charge is -2.15. The number of carbonyl (C=O) groups is 2. The van der Waals surface area contributed by atoms with Crippen LogP contribution in [0.2, 0.25) is 5.02 Å². The molecule has 2 rings (SSSR count). The van der Waals surface area contributed by atoms with Crippen LogP contribution < -0.4 is 5.32 Å². The summed E-state index contributed by atoms with van der Waals surface area (Å²) < 4.78 is 5.10. The van der Waals surface area contributed by atoms with E-state index in [9.17, 15) is 9.59 Å². The number of aliphatic carboxylic acids is 1. The van der Waals surface area contributed by atoms with Gasteiger partial charge in [0.25, 0.3) is 0 Å². The van der Waals surface area contributed by atoms with Crippen LogP contribution >= 0.6 is 22.9 Å². The van der Waals surface area contributed by atoms with Gasteiger partial charge >= 0.3 is 12.1 Å². The summed E-state index contributed by atoms with van der Waals surface area (Å²) in [6.07, 6.45) is -0.906. The number of nitrogens with one attached hydrogen (secondary N) is 1. The van der Waals surface area contributed by atoms with Gasteiger partial charge in [0.2, 0.25) is 0 Å². The highest BCUT2D eigenvalue weighted by molar-refractivity contribution is 7.10. The molecule has 0 saturated heterocycles. The third-order valence-electron chi connectivity index (χ3n) is 2.81. The number of benzene rings is 1. The number of ether oxygens (including phenoxy) is 1. The van der Waals surface area contributed by atoms with Gasteiger partial charge < -0.3 is 15.2 Å². The number of hydrogen-bond acceptors (Lipinski definition) is 4. The second-order valence-corrected chi connectivity index (χ2v) is 5.90. The number of hydrogen-bond donors (Lipinski definition) is 2. The number of halogens is 1. The van der Waals surface area contributed by atoms with Crippen LogP contribution in [0.15, 0.2) is 41.8 Å². The molecule has 0 aliphatic rings. The lowest BCUT2D eigenvalue weighted by atomic mass is 10.2. The third kappa shape index (κ3) is 5.05. The molecular formula is C15H14ClNO4S. The first-order valence-corrected chi connectivity index (χ1v) is 7.73. The minimum absolute atomic E-state index is 0.123. The van der Waals surface area contributed by atoms with Crippen LogP contribution in [0.3, 0.4) is 0 Å². The molecule has 1 heterocycles. The molecule has 0 fully saturated rings. The second-order valence-electron chi connectivity index (χ2n) is 4.52. The fraction of sp³-hybridized carbons (Fsp3) is 0.200. The molecule has 22 heavy (non-hydrogen) atoms. The zero-order chi connectivity index (χ0) is 15.9. The Morgan fingerprint density at radius 1 is 1.32 bits per heavy atom. The number of carboxylic acid groups (broad SMARTS) is 1. The van der Waals surface area contributed by atoms with Crippen molar-refractivity contribution in [1.82, 2.24) is 5.32 Å². The van der Waals surface area contributed by atoms with Gasteiger partial charge in [-0.1, -0.05) is 41.9 Å². The van der Waals surface area contributed by atoms with Crippen molar-refractivity contribution in [2.24, 2.45) is 0 Å². The minimum Gasteiger partial charge on any atom is -0.481 e. The van der Waals surface area contributed by atoms with Gasteiger partial charge in [-0.3, -0.25) is 4.79 Å². The molecule has 1 aromatic carbocycles. The normalized spacial score (nSPS) is 11.7. The summed E-state index contributed by atoms with van der Waals surface area (Å²) in [4.78, 5) is 23.4. The maximum Gasteiger partial charge on any atom is 0.407 e. The SMILES string of the molecule is O=C(O)C[C@H](NC(=O)OCc1ccccc1)c1cc(Cl)cs1. The molecule has 0 aliphatic heterocycles. The molecule has 0 aliphatic carbocycles. The number of thiophene rings is 1. The van der Waals surface area contributed by atoms with Crippen molar-refractivity contribution in [2.75, 3.05) is 0 Å². The predicted molar refractivity (Wildman–Crippen MR) is 84.1 cm³/mol. The van der Waals surface area contributed by atoms with E-state index in [2.05, 4.69) is 5.32 Å². The highest BCUT2D eigenvalue weighted by Gasteiger charge is 2.20. The number of amides is 1. The Kier molecular flexibility index (Phi) is 5.80. The summed E-state index contributed by atoms with van der Waals surface area (Å²) in [6.45, 7) is 0.123. The van der Waals surface area contributed by atoms with E-state index in [-0.39, 0.29) is 13.0 Å². The Balaban J connectivity index is 1.94. The van der Waals surface area contributed by atoms with Crippen LogP contribution in [0, 0.1) is 0 Å². The van der Waals surface area contributed by atoms with Gasteiger partial charge in [-0.05, 0) is 11.6 Å². The average Bonchev–Trinajstić information content (AvgIpc) is 2.92. The molecule has 1 aromatic heterocycles. The van der Waals surface area contributed by atoms with E-state index < -0.39 is 18.1 Å². The lowest BCUT2D eigenvalue weighted by molar-refractivity contribution is -0.137. The van der Waals surface area contributed by atoms with E-state index >= 15 is 0 Å². The van der Waals surface area contributed by atoms with Crippen LogP contribution in [-0.2, 0) is 16.1 Å². The molecule has 0 radical (unpaired) electrons. The van der Waals surface area contributed by atoms with Crippen LogP contribution in [0.1, 0.15) is 22.9 Å². The number of alkyl carbamates (subject to hydrolysis) is 1. The average molecular weight is 340 g/mol. The largest absolute Gasteiger partial charge is 0.481 e. The van der Waals surface area contributed by atoms with Crippen molar-refractivity contribution in [2.45, 2.75) is 19.1 Å². The summed E-state index contributed by atoms with van der Waals surface area (Å²) in [5, 5.41) is 13.7. The van der Waals surface area contributed by atoms with Crippen LogP contribution in [-0.4, -0.2) is 17.2 Å². The van der Waals surface area contributed by atoms with Crippen molar-refractivity contribution in [3.8, 4) is 0 Å². The monoisotopic (exact) mass is 339 g/mol. The Hall–Kier alpha value is -2.05. The number of carbonyl (C=O) groups excluding carboxylic acids is 1. The summed E-state index contributed by atoms with van der Waals surface area (Å²) in [5.74, 6) is -1.02. The van der Waals surface area contributed by atoms with Gasteiger partial charge in [0, 0.05) is 10.3 Å². The first-order chi connectivity index (χ1) is 10.5. The van der Waals surface area contributed by atoms with E-state index in [1.807, 2.05) is 30.3 Å². The molecule has 2 aromatic rings. The Bertz CT molecular complexity index is 644. The smallest absolute Gasteiger partial charge is 0.407 e. The highest BCUT2D eigenvalue weighted by atomic mass is 35.5. The summed E-state index contributed by atoms with van der Waals surface area (Å²) >= 11 is 7.13. The highest BCUT2D eigenvalue weighted by Crippen LogP contribution is 2.27. The number of rotatable bonds is 6. The van der Waals surface area contributed by atoms with E-state index in [1.165, 1.54) is 11.3 Å². The molecule has 0 bridgehead atoms. The van der Waals surface area contributed by atoms with Crippen LogP contribution in [0.5, 0.6) is 0 Å².